The summed E-state index contributed by atoms with van der Waals surface area (Å²) in [5, 5.41) is 2.93. The topological polar surface area (TPSA) is 65.8 Å². The molecule has 3 heterocycles. The van der Waals surface area contributed by atoms with E-state index in [0.717, 1.165) is 30.2 Å². The fourth-order valence-corrected chi connectivity index (χ4v) is 3.77. The Hall–Kier alpha value is -2.93. The summed E-state index contributed by atoms with van der Waals surface area (Å²) in [4.78, 5) is 26.0. The van der Waals surface area contributed by atoms with Crippen molar-refractivity contribution in [1.82, 2.24) is 19.3 Å². The summed E-state index contributed by atoms with van der Waals surface area (Å²) in [6.45, 7) is 4.16. The van der Waals surface area contributed by atoms with Gasteiger partial charge in [0.25, 0.3) is 5.91 Å². The summed E-state index contributed by atoms with van der Waals surface area (Å²) in [6, 6.07) is 8.55. The second-order valence-corrected chi connectivity index (χ2v) is 7.54. The van der Waals surface area contributed by atoms with Crippen molar-refractivity contribution >= 4 is 22.9 Å². The summed E-state index contributed by atoms with van der Waals surface area (Å²) in [7, 11) is 4.32. The van der Waals surface area contributed by atoms with Gasteiger partial charge >= 0.3 is 0 Å². The third kappa shape index (κ3) is 3.71. The number of nitrogens with one attached hydrogen (secondary N) is 1. The fraction of sp³-hybridized carbons (Fsp3) is 0.381. The van der Waals surface area contributed by atoms with Crippen molar-refractivity contribution < 1.29 is 4.79 Å². The molecule has 0 saturated carbocycles. The van der Waals surface area contributed by atoms with E-state index in [1.54, 1.807) is 12.4 Å². The van der Waals surface area contributed by atoms with Gasteiger partial charge in [0.2, 0.25) is 0 Å². The number of amides is 1. The van der Waals surface area contributed by atoms with Crippen molar-refractivity contribution in [3.8, 4) is 0 Å². The molecule has 0 unspecified atom stereocenters. The molecule has 0 spiro atoms. The minimum absolute atomic E-state index is 0.257. The molecule has 1 fully saturated rings. The van der Waals surface area contributed by atoms with Crippen molar-refractivity contribution in [2.45, 2.75) is 25.8 Å². The number of aromatic nitrogens is 3. The Labute approximate surface area is 165 Å². The third-order valence-corrected chi connectivity index (χ3v) is 5.48. The zero-order valence-corrected chi connectivity index (χ0v) is 16.6. The van der Waals surface area contributed by atoms with Crippen LogP contribution in [0.4, 0.5) is 11.4 Å². The monoisotopic (exact) mass is 378 g/mol. The third-order valence-electron chi connectivity index (χ3n) is 5.48. The first-order valence-electron chi connectivity index (χ1n) is 9.64. The highest BCUT2D eigenvalue weighted by molar-refractivity contribution is 6.06. The maximum Gasteiger partial charge on any atom is 0.278 e. The molecule has 3 aromatic rings. The molecule has 1 amide bonds. The van der Waals surface area contributed by atoms with Gasteiger partial charge in [-0.05, 0) is 64.2 Å². The Kier molecular flexibility index (Phi) is 5.00. The van der Waals surface area contributed by atoms with Gasteiger partial charge in [-0.1, -0.05) is 0 Å². The molecule has 2 aromatic heterocycles. The second kappa shape index (κ2) is 7.59. The minimum atomic E-state index is -0.257. The van der Waals surface area contributed by atoms with Crippen molar-refractivity contribution in [3.05, 3.63) is 54.2 Å². The number of hydrogen-bond acceptors (Lipinski definition) is 5. The Morgan fingerprint density at radius 3 is 2.64 bits per heavy atom. The number of carbonyl (C=O) groups is 1. The van der Waals surface area contributed by atoms with Crippen LogP contribution in [0.5, 0.6) is 0 Å². The molecule has 0 aliphatic carbocycles. The molecule has 28 heavy (non-hydrogen) atoms. The molecule has 1 aromatic carbocycles. The average molecular weight is 378 g/mol. The van der Waals surface area contributed by atoms with Crippen LogP contribution in [-0.4, -0.2) is 58.4 Å². The number of hydrogen-bond donors (Lipinski definition) is 1. The number of aryl methyl sites for hydroxylation is 1. The summed E-state index contributed by atoms with van der Waals surface area (Å²) >= 11 is 0. The van der Waals surface area contributed by atoms with Gasteiger partial charge in [-0.2, -0.15) is 0 Å². The minimum Gasteiger partial charge on any atom is -0.372 e. The van der Waals surface area contributed by atoms with Crippen LogP contribution in [0.1, 0.15) is 29.0 Å². The molecule has 7 nitrogen and oxygen atoms in total. The smallest absolute Gasteiger partial charge is 0.278 e. The van der Waals surface area contributed by atoms with E-state index < -0.39 is 0 Å². The highest BCUT2D eigenvalue weighted by Gasteiger charge is 2.21. The second-order valence-electron chi connectivity index (χ2n) is 7.54. The Morgan fingerprint density at radius 2 is 1.93 bits per heavy atom. The van der Waals surface area contributed by atoms with Gasteiger partial charge < -0.3 is 19.5 Å². The van der Waals surface area contributed by atoms with Crippen LogP contribution in [0.3, 0.4) is 0 Å². The number of likely N-dealkylation sites (tertiary alicyclic amines) is 1. The van der Waals surface area contributed by atoms with Crippen LogP contribution in [-0.2, 0) is 0 Å². The molecular weight excluding hydrogens is 352 g/mol. The lowest BCUT2D eigenvalue weighted by molar-refractivity contribution is 0.102. The van der Waals surface area contributed by atoms with Crippen molar-refractivity contribution in [1.29, 1.82) is 0 Å². The van der Waals surface area contributed by atoms with Gasteiger partial charge in [-0.3, -0.25) is 4.79 Å². The summed E-state index contributed by atoms with van der Waals surface area (Å²) in [5.41, 5.74) is 3.65. The van der Waals surface area contributed by atoms with Crippen LogP contribution < -0.4 is 10.2 Å². The lowest BCUT2D eigenvalue weighted by atomic mass is 10.0. The standard InChI is InChI=1S/C21H26N6O/c1-15-14-27-13-10-22-19(20(27)23-15)21(28)24-16-4-6-17(7-5-16)26(3)18-8-11-25(2)12-9-18/h4-7,10,13-14,18H,8-9,11-12H2,1-3H3,(H,24,28). The highest BCUT2D eigenvalue weighted by atomic mass is 16.1. The molecule has 1 saturated heterocycles. The molecule has 0 bridgehead atoms. The van der Waals surface area contributed by atoms with Crippen LogP contribution in [0.2, 0.25) is 0 Å². The largest absolute Gasteiger partial charge is 0.372 e. The molecule has 4 rings (SSSR count). The number of anilines is 2. The Morgan fingerprint density at radius 1 is 1.21 bits per heavy atom. The van der Waals surface area contributed by atoms with Crippen LogP contribution in [0.15, 0.2) is 42.9 Å². The van der Waals surface area contributed by atoms with Crippen LogP contribution in [0.25, 0.3) is 5.65 Å². The Balaban J connectivity index is 1.46. The molecule has 7 heteroatoms. The van der Waals surface area contributed by atoms with Crippen molar-refractivity contribution in [3.63, 3.8) is 0 Å². The van der Waals surface area contributed by atoms with Crippen LogP contribution >= 0.6 is 0 Å². The van der Waals surface area contributed by atoms with Crippen molar-refractivity contribution in [2.75, 3.05) is 37.4 Å². The first-order valence-corrected chi connectivity index (χ1v) is 9.64. The summed E-state index contributed by atoms with van der Waals surface area (Å²) in [6.07, 6.45) is 7.62. The van der Waals surface area contributed by atoms with E-state index in [2.05, 4.69) is 51.3 Å². The maximum atomic E-state index is 12.7. The van der Waals surface area contributed by atoms with E-state index >= 15 is 0 Å². The number of imidazole rings is 1. The van der Waals surface area contributed by atoms with E-state index in [9.17, 15) is 4.79 Å². The van der Waals surface area contributed by atoms with Crippen molar-refractivity contribution in [2.24, 2.45) is 0 Å². The number of fused-ring (bicyclic) bond motifs is 1. The van der Waals surface area contributed by atoms with E-state index in [1.807, 2.05) is 29.7 Å². The molecule has 0 radical (unpaired) electrons. The lowest BCUT2D eigenvalue weighted by Gasteiger charge is -2.36. The fourth-order valence-electron chi connectivity index (χ4n) is 3.77. The first kappa shape index (κ1) is 18.4. The number of piperidine rings is 1. The van der Waals surface area contributed by atoms with Gasteiger partial charge in [0.15, 0.2) is 11.3 Å². The van der Waals surface area contributed by atoms with E-state index in [0.29, 0.717) is 17.4 Å². The highest BCUT2D eigenvalue weighted by Crippen LogP contribution is 2.23. The quantitative estimate of drug-likeness (QED) is 0.756. The zero-order chi connectivity index (χ0) is 19.7. The molecule has 1 N–H and O–H groups in total. The van der Waals surface area contributed by atoms with Gasteiger partial charge in [0.05, 0.1) is 5.69 Å². The average Bonchev–Trinajstić information content (AvgIpc) is 3.08. The molecule has 1 aliphatic heterocycles. The molecule has 146 valence electrons. The number of rotatable bonds is 4. The normalized spacial score (nSPS) is 15.7. The van der Waals surface area contributed by atoms with Gasteiger partial charge in [-0.15, -0.1) is 0 Å². The van der Waals surface area contributed by atoms with E-state index in [4.69, 9.17) is 0 Å². The number of carbonyl (C=O) groups excluding carboxylic acids is 1. The SMILES string of the molecule is Cc1cn2ccnc(C(=O)Nc3ccc(N(C)C4CCN(C)CC4)cc3)c2n1. The molecule has 0 atom stereocenters. The molecular formula is C21H26N6O. The zero-order valence-electron chi connectivity index (χ0n) is 16.6. The van der Waals surface area contributed by atoms with E-state index in [1.165, 1.54) is 12.8 Å². The summed E-state index contributed by atoms with van der Waals surface area (Å²) in [5.74, 6) is -0.257. The molecule has 1 aliphatic rings. The predicted molar refractivity (Wildman–Crippen MR) is 111 cm³/mol. The van der Waals surface area contributed by atoms with E-state index in [-0.39, 0.29) is 5.91 Å². The predicted octanol–water partition coefficient (Wildman–Crippen LogP) is 2.82. The van der Waals surface area contributed by atoms with Gasteiger partial charge in [0.1, 0.15) is 0 Å². The first-order chi connectivity index (χ1) is 13.5. The van der Waals surface area contributed by atoms with Gasteiger partial charge in [-0.25, -0.2) is 9.97 Å². The summed E-state index contributed by atoms with van der Waals surface area (Å²) < 4.78 is 1.82. The van der Waals surface area contributed by atoms with Gasteiger partial charge in [0, 0.05) is 43.1 Å². The number of nitrogens with zero attached hydrogens (tertiary/aromatic N) is 5. The maximum absolute atomic E-state index is 12.7. The van der Waals surface area contributed by atoms with Crippen LogP contribution in [0, 0.1) is 6.92 Å². The number of benzene rings is 1. The Bertz CT molecular complexity index is 972. The lowest BCUT2D eigenvalue weighted by Crippen LogP contribution is -2.41.